The van der Waals surface area contributed by atoms with Crippen LogP contribution in [0.4, 0.5) is 0 Å². The molecule has 0 saturated heterocycles. The zero-order valence-corrected chi connectivity index (χ0v) is 23.7. The van der Waals surface area contributed by atoms with Crippen molar-refractivity contribution in [1.29, 1.82) is 0 Å². The summed E-state index contributed by atoms with van der Waals surface area (Å²) in [6.45, 7) is 4.65. The van der Waals surface area contributed by atoms with E-state index >= 15 is 0 Å². The van der Waals surface area contributed by atoms with Crippen molar-refractivity contribution in [2.45, 2.75) is 52.2 Å². The normalized spacial score (nSPS) is 16.5. The first-order valence-corrected chi connectivity index (χ1v) is 14.4. The molecule has 4 aromatic carbocycles. The first-order valence-electron chi connectivity index (χ1n) is 14.4. The molecule has 0 aliphatic heterocycles. The quantitative estimate of drug-likeness (QED) is 0.148. The van der Waals surface area contributed by atoms with Gasteiger partial charge in [0.05, 0.1) is 18.3 Å². The Morgan fingerprint density at radius 2 is 1.24 bits per heavy atom. The van der Waals surface area contributed by atoms with Crippen LogP contribution in [0.15, 0.2) is 97.1 Å². The van der Waals surface area contributed by atoms with Crippen LogP contribution in [-0.2, 0) is 11.3 Å². The molecule has 0 spiro atoms. The Hall–Kier alpha value is -4.38. The van der Waals surface area contributed by atoms with Crippen LogP contribution in [0.1, 0.15) is 64.4 Å². The summed E-state index contributed by atoms with van der Waals surface area (Å²) in [5.41, 5.74) is 5.65. The number of carbonyl (C=O) groups is 2. The van der Waals surface area contributed by atoms with Gasteiger partial charge in [0.2, 0.25) is 0 Å². The number of rotatable bonds is 10. The van der Waals surface area contributed by atoms with E-state index in [1.165, 1.54) is 5.56 Å². The number of hydrogen-bond donors (Lipinski definition) is 0. The largest absolute Gasteiger partial charge is 0.490 e. The summed E-state index contributed by atoms with van der Waals surface area (Å²) in [6.07, 6.45) is 3.64. The molecule has 0 heterocycles. The number of Topliss-reactive ketones (excluding diaryl/α,β-unsaturated/α-hetero) is 1. The molecule has 5 rings (SSSR count). The summed E-state index contributed by atoms with van der Waals surface area (Å²) in [5.74, 6) is 1.67. The molecule has 0 unspecified atom stereocenters. The van der Waals surface area contributed by atoms with E-state index in [9.17, 15) is 9.59 Å². The minimum Gasteiger partial charge on any atom is -0.490 e. The van der Waals surface area contributed by atoms with Crippen molar-refractivity contribution in [1.82, 2.24) is 0 Å². The van der Waals surface area contributed by atoms with E-state index in [-0.39, 0.29) is 23.8 Å². The molecule has 41 heavy (non-hydrogen) atoms. The molecular formula is C36H36O5. The van der Waals surface area contributed by atoms with Crippen molar-refractivity contribution >= 4 is 11.8 Å². The van der Waals surface area contributed by atoms with Crippen LogP contribution in [-0.4, -0.2) is 24.5 Å². The Morgan fingerprint density at radius 1 is 0.683 bits per heavy atom. The number of esters is 1. The van der Waals surface area contributed by atoms with Crippen LogP contribution in [0.25, 0.3) is 11.1 Å². The molecule has 0 radical (unpaired) electrons. The molecule has 1 fully saturated rings. The van der Waals surface area contributed by atoms with Crippen LogP contribution in [0.5, 0.6) is 11.5 Å². The summed E-state index contributed by atoms with van der Waals surface area (Å²) < 4.78 is 17.3. The molecule has 1 aliphatic rings. The number of aryl methyl sites for hydroxylation is 1. The second kappa shape index (κ2) is 13.3. The molecule has 0 amide bonds. The van der Waals surface area contributed by atoms with Gasteiger partial charge in [0.25, 0.3) is 0 Å². The van der Waals surface area contributed by atoms with Gasteiger partial charge in [-0.2, -0.15) is 0 Å². The smallest absolute Gasteiger partial charge is 0.338 e. The van der Waals surface area contributed by atoms with Gasteiger partial charge in [-0.3, -0.25) is 4.79 Å². The Bertz CT molecular complexity index is 1430. The van der Waals surface area contributed by atoms with Gasteiger partial charge in [-0.1, -0.05) is 66.2 Å². The lowest BCUT2D eigenvalue weighted by Crippen LogP contribution is -2.28. The minimum atomic E-state index is -0.309. The number of hydrogen-bond acceptors (Lipinski definition) is 5. The number of carbonyl (C=O) groups excluding carboxylic acids is 2. The van der Waals surface area contributed by atoms with Gasteiger partial charge in [0, 0.05) is 11.5 Å². The van der Waals surface area contributed by atoms with Crippen molar-refractivity contribution in [2.75, 3.05) is 6.61 Å². The highest BCUT2D eigenvalue weighted by Crippen LogP contribution is 2.30. The lowest BCUT2D eigenvalue weighted by Gasteiger charge is -2.28. The van der Waals surface area contributed by atoms with Crippen LogP contribution >= 0.6 is 0 Å². The van der Waals surface area contributed by atoms with Crippen LogP contribution in [0.2, 0.25) is 0 Å². The Labute approximate surface area is 242 Å². The highest BCUT2D eigenvalue weighted by molar-refractivity contribution is 5.97. The van der Waals surface area contributed by atoms with E-state index in [0.717, 1.165) is 59.4 Å². The maximum absolute atomic E-state index is 12.8. The van der Waals surface area contributed by atoms with Crippen LogP contribution in [0.3, 0.4) is 0 Å². The fourth-order valence-electron chi connectivity index (χ4n) is 5.18. The van der Waals surface area contributed by atoms with E-state index in [2.05, 4.69) is 0 Å². The SMILES string of the molecule is CCOC(=O)c1ccc(-c2ccc(OCc3ccc(OC4CCC(C(=O)c5ccc(C)cc5)CC4)cc3)cc2)cc1. The van der Waals surface area contributed by atoms with Gasteiger partial charge in [-0.15, -0.1) is 0 Å². The van der Waals surface area contributed by atoms with Gasteiger partial charge < -0.3 is 14.2 Å². The van der Waals surface area contributed by atoms with Crippen molar-refractivity contribution in [3.8, 4) is 22.6 Å². The van der Waals surface area contributed by atoms with E-state index in [0.29, 0.717) is 18.8 Å². The molecule has 0 aromatic heterocycles. The Morgan fingerprint density at radius 3 is 1.85 bits per heavy atom. The summed E-state index contributed by atoms with van der Waals surface area (Å²) in [6, 6.07) is 31.2. The molecule has 1 aliphatic carbocycles. The molecule has 0 N–H and O–H groups in total. The van der Waals surface area contributed by atoms with Crippen LogP contribution < -0.4 is 9.47 Å². The number of ether oxygens (including phenoxy) is 3. The van der Waals surface area contributed by atoms with Crippen molar-refractivity contribution in [3.63, 3.8) is 0 Å². The average molecular weight is 549 g/mol. The van der Waals surface area contributed by atoms with E-state index in [4.69, 9.17) is 14.2 Å². The topological polar surface area (TPSA) is 61.8 Å². The Balaban J connectivity index is 1.07. The third kappa shape index (κ3) is 7.43. The molecule has 5 heteroatoms. The van der Waals surface area contributed by atoms with Crippen molar-refractivity contribution in [3.05, 3.63) is 119 Å². The van der Waals surface area contributed by atoms with Gasteiger partial charge in [0.15, 0.2) is 5.78 Å². The molecule has 4 aromatic rings. The summed E-state index contributed by atoms with van der Waals surface area (Å²) in [7, 11) is 0. The van der Waals surface area contributed by atoms with Crippen LogP contribution in [0, 0.1) is 12.8 Å². The molecular weight excluding hydrogens is 512 g/mol. The first kappa shape index (κ1) is 28.2. The fraction of sp³-hybridized carbons (Fsp3) is 0.278. The van der Waals surface area contributed by atoms with Crippen molar-refractivity contribution in [2.24, 2.45) is 5.92 Å². The standard InChI is InChI=1S/C36H36O5/c1-3-39-36(38)31-12-10-27(11-13-31)28-14-20-32(21-15-28)40-24-26-6-18-33(19-7-26)41-34-22-16-30(17-23-34)35(37)29-8-4-25(2)5-9-29/h4-15,18-21,30,34H,3,16-17,22-24H2,1-2H3. The second-order valence-electron chi connectivity index (χ2n) is 10.6. The van der Waals surface area contributed by atoms with Gasteiger partial charge in [0.1, 0.15) is 18.1 Å². The van der Waals surface area contributed by atoms with Crippen molar-refractivity contribution < 1.29 is 23.8 Å². The predicted octanol–water partition coefficient (Wildman–Crippen LogP) is 8.24. The molecule has 1 saturated carbocycles. The maximum atomic E-state index is 12.8. The van der Waals surface area contributed by atoms with Gasteiger partial charge in [-0.05, 0) is 92.6 Å². The fourth-order valence-corrected chi connectivity index (χ4v) is 5.18. The molecule has 0 atom stereocenters. The zero-order chi connectivity index (χ0) is 28.6. The predicted molar refractivity (Wildman–Crippen MR) is 160 cm³/mol. The number of ketones is 1. The highest BCUT2D eigenvalue weighted by atomic mass is 16.5. The summed E-state index contributed by atoms with van der Waals surface area (Å²) in [4.78, 5) is 24.7. The lowest BCUT2D eigenvalue weighted by atomic mass is 9.82. The summed E-state index contributed by atoms with van der Waals surface area (Å²) >= 11 is 0. The lowest BCUT2D eigenvalue weighted by molar-refractivity contribution is 0.0526. The van der Waals surface area contributed by atoms with E-state index in [1.807, 2.05) is 91.9 Å². The second-order valence-corrected chi connectivity index (χ2v) is 10.6. The van der Waals surface area contributed by atoms with Gasteiger partial charge in [-0.25, -0.2) is 4.79 Å². The first-order chi connectivity index (χ1) is 20.0. The maximum Gasteiger partial charge on any atom is 0.338 e. The zero-order valence-electron chi connectivity index (χ0n) is 23.7. The molecule has 5 nitrogen and oxygen atoms in total. The van der Waals surface area contributed by atoms with E-state index < -0.39 is 0 Å². The van der Waals surface area contributed by atoms with Gasteiger partial charge >= 0.3 is 5.97 Å². The van der Waals surface area contributed by atoms with E-state index in [1.54, 1.807) is 19.1 Å². The highest BCUT2D eigenvalue weighted by Gasteiger charge is 2.28. The third-order valence-electron chi connectivity index (χ3n) is 7.60. The minimum absolute atomic E-state index is 0.0861. The summed E-state index contributed by atoms with van der Waals surface area (Å²) in [5, 5.41) is 0. The molecule has 0 bridgehead atoms. The monoisotopic (exact) mass is 548 g/mol. The Kier molecular flexibility index (Phi) is 9.15. The third-order valence-corrected chi connectivity index (χ3v) is 7.60. The average Bonchev–Trinajstić information content (AvgIpc) is 3.02. The molecule has 210 valence electrons. The number of benzene rings is 4.